The van der Waals surface area contributed by atoms with E-state index in [1.54, 1.807) is 0 Å². The van der Waals surface area contributed by atoms with Gasteiger partial charge in [0.1, 0.15) is 0 Å². The molecule has 138 valence electrons. The van der Waals surface area contributed by atoms with Gasteiger partial charge in [0.25, 0.3) is 5.95 Å². The van der Waals surface area contributed by atoms with E-state index in [0.717, 1.165) is 6.42 Å². The molecule has 0 saturated heterocycles. The zero-order valence-corrected chi connectivity index (χ0v) is 15.5. The van der Waals surface area contributed by atoms with Gasteiger partial charge in [0.2, 0.25) is 11.9 Å². The fraction of sp³-hybridized carbons (Fsp3) is 0.286. The minimum atomic E-state index is -0.0931. The van der Waals surface area contributed by atoms with Crippen molar-refractivity contribution < 1.29 is 4.79 Å². The fourth-order valence-corrected chi connectivity index (χ4v) is 3.41. The molecular weight excluding hydrogens is 338 g/mol. The van der Waals surface area contributed by atoms with Crippen molar-refractivity contribution in [1.29, 1.82) is 0 Å². The highest BCUT2D eigenvalue weighted by molar-refractivity contribution is 5.88. The van der Waals surface area contributed by atoms with E-state index >= 15 is 0 Å². The van der Waals surface area contributed by atoms with Crippen LogP contribution in [0.2, 0.25) is 0 Å². The van der Waals surface area contributed by atoms with Crippen molar-refractivity contribution in [1.82, 2.24) is 14.8 Å². The number of anilines is 2. The van der Waals surface area contributed by atoms with E-state index in [1.165, 1.54) is 16.7 Å². The second-order valence-corrected chi connectivity index (χ2v) is 6.88. The maximum absolute atomic E-state index is 11.7. The number of fused-ring (bicyclic) bond motifs is 1. The molecular formula is C21H23N5O. The number of aryl methyl sites for hydroxylation is 1. The predicted molar refractivity (Wildman–Crippen MR) is 106 cm³/mol. The van der Waals surface area contributed by atoms with Crippen molar-refractivity contribution in [3.05, 3.63) is 71.3 Å². The van der Waals surface area contributed by atoms with Crippen LogP contribution >= 0.6 is 0 Å². The Hall–Kier alpha value is -3.15. The number of nitrogens with one attached hydrogen (secondary N) is 2. The summed E-state index contributed by atoms with van der Waals surface area (Å²) in [5.74, 6) is 0.923. The highest BCUT2D eigenvalue weighted by atomic mass is 16.1. The standard InChI is InChI=1S/C21H23N5O/c1-3-19(27)23-20-24-21-22-17(15-7-5-4-6-8-15)13-18(26(21)25-20)16-11-9-14(2)10-12-16/h4-12,17-18H,3,13H2,1-2H3,(H2,22,23,24,25,27). The molecule has 0 fully saturated rings. The van der Waals surface area contributed by atoms with Crippen LogP contribution in [0.3, 0.4) is 0 Å². The summed E-state index contributed by atoms with van der Waals surface area (Å²) in [6.07, 6.45) is 1.25. The van der Waals surface area contributed by atoms with Crippen LogP contribution in [-0.2, 0) is 4.79 Å². The number of benzene rings is 2. The van der Waals surface area contributed by atoms with E-state index < -0.39 is 0 Å². The summed E-state index contributed by atoms with van der Waals surface area (Å²) < 4.78 is 1.88. The fourth-order valence-electron chi connectivity index (χ4n) is 3.41. The molecule has 0 radical (unpaired) electrons. The van der Waals surface area contributed by atoms with Gasteiger partial charge in [-0.15, -0.1) is 5.10 Å². The second kappa shape index (κ2) is 7.23. The molecule has 27 heavy (non-hydrogen) atoms. The largest absolute Gasteiger partial charge is 0.347 e. The lowest BCUT2D eigenvalue weighted by Gasteiger charge is -2.31. The van der Waals surface area contributed by atoms with Crippen LogP contribution in [0.25, 0.3) is 0 Å². The Labute approximate surface area is 158 Å². The van der Waals surface area contributed by atoms with Gasteiger partial charge in [-0.2, -0.15) is 4.98 Å². The molecule has 2 N–H and O–H groups in total. The maximum atomic E-state index is 11.7. The molecule has 6 heteroatoms. The van der Waals surface area contributed by atoms with E-state index in [0.29, 0.717) is 18.3 Å². The van der Waals surface area contributed by atoms with Gasteiger partial charge in [0.05, 0.1) is 12.1 Å². The van der Waals surface area contributed by atoms with Gasteiger partial charge in [-0.3, -0.25) is 10.1 Å². The third kappa shape index (κ3) is 3.56. The summed E-state index contributed by atoms with van der Waals surface area (Å²) in [4.78, 5) is 16.3. The quantitative estimate of drug-likeness (QED) is 0.734. The lowest BCUT2D eigenvalue weighted by atomic mass is 9.93. The molecule has 1 aromatic heterocycles. The Morgan fingerprint density at radius 1 is 1.15 bits per heavy atom. The van der Waals surface area contributed by atoms with Crippen LogP contribution < -0.4 is 10.6 Å². The van der Waals surface area contributed by atoms with Gasteiger partial charge in [0.15, 0.2) is 0 Å². The lowest BCUT2D eigenvalue weighted by molar-refractivity contribution is -0.115. The molecule has 1 aliphatic rings. The Morgan fingerprint density at radius 2 is 1.89 bits per heavy atom. The molecule has 1 aliphatic heterocycles. The van der Waals surface area contributed by atoms with Gasteiger partial charge in [-0.05, 0) is 24.5 Å². The summed E-state index contributed by atoms with van der Waals surface area (Å²) >= 11 is 0. The number of nitrogens with zero attached hydrogens (tertiary/aromatic N) is 3. The second-order valence-electron chi connectivity index (χ2n) is 6.88. The van der Waals surface area contributed by atoms with Crippen LogP contribution in [-0.4, -0.2) is 20.7 Å². The summed E-state index contributed by atoms with van der Waals surface area (Å²) in [5, 5.41) is 10.8. The first-order valence-corrected chi connectivity index (χ1v) is 9.28. The van der Waals surface area contributed by atoms with Crippen LogP contribution in [0, 0.1) is 6.92 Å². The van der Waals surface area contributed by atoms with Gasteiger partial charge < -0.3 is 5.32 Å². The molecule has 2 heterocycles. The Balaban J connectivity index is 1.72. The molecule has 2 unspecified atom stereocenters. The van der Waals surface area contributed by atoms with Crippen LogP contribution in [0.4, 0.5) is 11.9 Å². The molecule has 2 atom stereocenters. The highest BCUT2D eigenvalue weighted by Gasteiger charge is 2.31. The third-order valence-electron chi connectivity index (χ3n) is 4.93. The SMILES string of the molecule is CCC(=O)Nc1nc2n(n1)C(c1ccc(C)cc1)CC(c1ccccc1)N2. The number of rotatable bonds is 4. The third-order valence-corrected chi connectivity index (χ3v) is 4.93. The predicted octanol–water partition coefficient (Wildman–Crippen LogP) is 4.08. The van der Waals surface area contributed by atoms with E-state index in [1.807, 2.05) is 29.8 Å². The normalized spacial score (nSPS) is 18.4. The van der Waals surface area contributed by atoms with Crippen LogP contribution in [0.1, 0.15) is 48.5 Å². The van der Waals surface area contributed by atoms with Crippen molar-refractivity contribution >= 4 is 17.8 Å². The smallest absolute Gasteiger partial charge is 0.250 e. The van der Waals surface area contributed by atoms with Crippen molar-refractivity contribution in [2.24, 2.45) is 0 Å². The average molecular weight is 361 g/mol. The number of carbonyl (C=O) groups excluding carboxylic acids is 1. The zero-order chi connectivity index (χ0) is 18.8. The molecule has 0 bridgehead atoms. The molecule has 0 saturated carbocycles. The van der Waals surface area contributed by atoms with E-state index in [4.69, 9.17) is 0 Å². The summed E-state index contributed by atoms with van der Waals surface area (Å²) in [5.41, 5.74) is 3.62. The van der Waals surface area contributed by atoms with E-state index in [2.05, 4.69) is 64.0 Å². The monoisotopic (exact) mass is 361 g/mol. The Kier molecular flexibility index (Phi) is 4.62. The first kappa shape index (κ1) is 17.3. The van der Waals surface area contributed by atoms with Gasteiger partial charge in [-0.1, -0.05) is 67.1 Å². The number of carbonyl (C=O) groups is 1. The zero-order valence-electron chi connectivity index (χ0n) is 15.5. The summed E-state index contributed by atoms with van der Waals surface area (Å²) in [6, 6.07) is 19.0. The molecule has 0 aliphatic carbocycles. The first-order valence-electron chi connectivity index (χ1n) is 9.28. The van der Waals surface area contributed by atoms with Crippen molar-refractivity contribution in [2.75, 3.05) is 10.6 Å². The van der Waals surface area contributed by atoms with E-state index in [-0.39, 0.29) is 18.0 Å². The van der Waals surface area contributed by atoms with Crippen molar-refractivity contribution in [2.45, 2.75) is 38.8 Å². The lowest BCUT2D eigenvalue weighted by Crippen LogP contribution is -2.28. The number of aromatic nitrogens is 3. The van der Waals surface area contributed by atoms with Crippen molar-refractivity contribution in [3.8, 4) is 0 Å². The highest BCUT2D eigenvalue weighted by Crippen LogP contribution is 2.38. The summed E-state index contributed by atoms with van der Waals surface area (Å²) in [7, 11) is 0. The molecule has 6 nitrogen and oxygen atoms in total. The molecule has 3 aromatic rings. The molecule has 2 aromatic carbocycles. The van der Waals surface area contributed by atoms with Gasteiger partial charge in [-0.25, -0.2) is 4.68 Å². The Morgan fingerprint density at radius 3 is 2.59 bits per heavy atom. The molecule has 0 spiro atoms. The van der Waals surface area contributed by atoms with Gasteiger partial charge >= 0.3 is 0 Å². The Bertz CT molecular complexity index is 933. The average Bonchev–Trinajstić information content (AvgIpc) is 3.10. The number of hydrogen-bond donors (Lipinski definition) is 2. The number of amides is 1. The summed E-state index contributed by atoms with van der Waals surface area (Å²) in [6.45, 7) is 3.89. The van der Waals surface area contributed by atoms with E-state index in [9.17, 15) is 4.79 Å². The molecule has 4 rings (SSSR count). The topological polar surface area (TPSA) is 71.8 Å². The van der Waals surface area contributed by atoms with Gasteiger partial charge in [0, 0.05) is 6.42 Å². The molecule has 1 amide bonds. The minimum absolute atomic E-state index is 0.0480. The van der Waals surface area contributed by atoms with Crippen LogP contribution in [0.15, 0.2) is 54.6 Å². The minimum Gasteiger partial charge on any atom is -0.347 e. The first-order chi connectivity index (χ1) is 13.1. The number of hydrogen-bond acceptors (Lipinski definition) is 4. The van der Waals surface area contributed by atoms with Crippen LogP contribution in [0.5, 0.6) is 0 Å². The maximum Gasteiger partial charge on any atom is 0.250 e. The van der Waals surface area contributed by atoms with Crippen molar-refractivity contribution in [3.63, 3.8) is 0 Å².